The fourth-order valence-electron chi connectivity index (χ4n) is 4.04. The largest absolute Gasteiger partial charge is 0.465 e. The van der Waals surface area contributed by atoms with Crippen molar-refractivity contribution in [3.8, 4) is 0 Å². The molecule has 3 rings (SSSR count). The minimum Gasteiger partial charge on any atom is -0.465 e. The third-order valence-corrected chi connectivity index (χ3v) is 5.51. The third kappa shape index (κ3) is 4.41. The van der Waals surface area contributed by atoms with E-state index < -0.39 is 41.6 Å². The van der Waals surface area contributed by atoms with Gasteiger partial charge in [-0.05, 0) is 39.2 Å². The lowest BCUT2D eigenvalue weighted by atomic mass is 9.98. The Bertz CT molecular complexity index is 871. The van der Waals surface area contributed by atoms with Crippen molar-refractivity contribution in [1.29, 1.82) is 0 Å². The van der Waals surface area contributed by atoms with Crippen LogP contribution in [0.4, 0.5) is 9.59 Å². The normalized spacial score (nSPS) is 21.5. The molecule has 2 fully saturated rings. The molecule has 0 radical (unpaired) electrons. The Labute approximate surface area is 179 Å². The van der Waals surface area contributed by atoms with Crippen molar-refractivity contribution in [2.24, 2.45) is 0 Å². The highest BCUT2D eigenvalue weighted by molar-refractivity contribution is 5.92. The van der Waals surface area contributed by atoms with Crippen LogP contribution in [0.2, 0.25) is 0 Å². The highest BCUT2D eigenvalue weighted by Crippen LogP contribution is 2.30. The van der Waals surface area contributed by atoms with Gasteiger partial charge >= 0.3 is 12.1 Å². The van der Waals surface area contributed by atoms with Crippen LogP contribution in [0.3, 0.4) is 0 Å². The smallest absolute Gasteiger partial charge is 0.408 e. The quantitative estimate of drug-likeness (QED) is 0.417. The summed E-state index contributed by atoms with van der Waals surface area (Å²) < 4.78 is 0. The predicted octanol–water partition coefficient (Wildman–Crippen LogP) is 1.31. The molecule has 2 bridgehead atoms. The van der Waals surface area contributed by atoms with Gasteiger partial charge in [-0.2, -0.15) is 0 Å². The molecule has 2 aliphatic rings. The fraction of sp³-hybridized carbons (Fsp3) is 0.500. The Hall–Kier alpha value is -3.34. The van der Waals surface area contributed by atoms with Crippen LogP contribution < -0.4 is 10.9 Å². The van der Waals surface area contributed by atoms with Crippen LogP contribution in [0.15, 0.2) is 30.3 Å². The number of rotatable bonds is 4. The highest BCUT2D eigenvalue weighted by Gasteiger charge is 2.47. The van der Waals surface area contributed by atoms with E-state index >= 15 is 0 Å². The number of carbonyl (C=O) groups is 4. The first-order valence-corrected chi connectivity index (χ1v) is 9.98. The maximum absolute atomic E-state index is 13.0. The topological polar surface area (TPSA) is 143 Å². The molecule has 4 N–H and O–H groups in total. The summed E-state index contributed by atoms with van der Waals surface area (Å²) in [5, 5.41) is 20.2. The lowest BCUT2D eigenvalue weighted by Gasteiger charge is -2.39. The number of nitrogens with zero attached hydrogens (tertiary/aromatic N) is 3. The molecular formula is C20H27N5O6. The number of piperidine rings is 1. The van der Waals surface area contributed by atoms with Crippen LogP contribution in [-0.2, 0) is 9.59 Å². The van der Waals surface area contributed by atoms with E-state index in [-0.39, 0.29) is 12.6 Å². The predicted molar refractivity (Wildman–Crippen MR) is 108 cm³/mol. The summed E-state index contributed by atoms with van der Waals surface area (Å²) in [5.74, 6) is -1.35. The number of fused-ring (bicyclic) bond motifs is 2. The van der Waals surface area contributed by atoms with Crippen molar-refractivity contribution in [3.63, 3.8) is 0 Å². The molecule has 2 saturated heterocycles. The molecule has 3 atom stereocenters. The van der Waals surface area contributed by atoms with Crippen molar-refractivity contribution < 1.29 is 29.5 Å². The third-order valence-electron chi connectivity index (χ3n) is 5.51. The van der Waals surface area contributed by atoms with Crippen LogP contribution in [0.1, 0.15) is 45.2 Å². The second-order valence-electron chi connectivity index (χ2n) is 8.64. The molecule has 2 aliphatic heterocycles. The first kappa shape index (κ1) is 22.3. The molecular weight excluding hydrogens is 406 g/mol. The van der Waals surface area contributed by atoms with Crippen LogP contribution in [0.5, 0.6) is 0 Å². The van der Waals surface area contributed by atoms with Crippen molar-refractivity contribution in [1.82, 2.24) is 25.7 Å². The van der Waals surface area contributed by atoms with E-state index in [1.807, 2.05) is 0 Å². The summed E-state index contributed by atoms with van der Waals surface area (Å²) in [4.78, 5) is 52.0. The number of amides is 5. The number of nitrogens with one attached hydrogen (secondary N) is 2. The Morgan fingerprint density at radius 3 is 2.35 bits per heavy atom. The summed E-state index contributed by atoms with van der Waals surface area (Å²) in [7, 11) is 0. The van der Waals surface area contributed by atoms with E-state index in [9.17, 15) is 29.5 Å². The second kappa shape index (κ2) is 8.42. The molecule has 2 heterocycles. The van der Waals surface area contributed by atoms with Crippen molar-refractivity contribution >= 4 is 23.9 Å². The fourth-order valence-corrected chi connectivity index (χ4v) is 4.04. The first-order chi connectivity index (χ1) is 14.5. The number of carbonyl (C=O) groups excluding carboxylic acids is 3. The van der Waals surface area contributed by atoms with Crippen molar-refractivity contribution in [2.45, 2.75) is 57.3 Å². The van der Waals surface area contributed by atoms with Crippen LogP contribution in [0, 0.1) is 0 Å². The number of hydrogen-bond acceptors (Lipinski definition) is 5. The van der Waals surface area contributed by atoms with Gasteiger partial charge in [-0.3, -0.25) is 30.5 Å². The minimum atomic E-state index is -1.29. The molecule has 1 aromatic rings. The summed E-state index contributed by atoms with van der Waals surface area (Å²) in [6.45, 7) is 5.23. The summed E-state index contributed by atoms with van der Waals surface area (Å²) in [6.07, 6.45) is -0.499. The van der Waals surface area contributed by atoms with Crippen molar-refractivity contribution in [3.05, 3.63) is 35.9 Å². The van der Waals surface area contributed by atoms with Gasteiger partial charge in [-0.25, -0.2) is 14.7 Å². The Morgan fingerprint density at radius 2 is 1.77 bits per heavy atom. The van der Waals surface area contributed by atoms with Gasteiger partial charge in [0.1, 0.15) is 12.1 Å². The van der Waals surface area contributed by atoms with Gasteiger partial charge in [0.2, 0.25) is 0 Å². The van der Waals surface area contributed by atoms with Gasteiger partial charge < -0.3 is 10.0 Å². The number of carboxylic acid groups (broad SMARTS) is 1. The Kier molecular flexibility index (Phi) is 6.07. The lowest BCUT2D eigenvalue weighted by molar-refractivity contribution is -0.135. The van der Waals surface area contributed by atoms with E-state index in [0.29, 0.717) is 23.5 Å². The molecule has 1 aromatic carbocycles. The van der Waals surface area contributed by atoms with Crippen LogP contribution in [0.25, 0.3) is 0 Å². The summed E-state index contributed by atoms with van der Waals surface area (Å²) in [6, 6.07) is 5.35. The van der Waals surface area contributed by atoms with E-state index in [1.54, 1.807) is 51.1 Å². The monoisotopic (exact) mass is 433 g/mol. The molecule has 11 heteroatoms. The van der Waals surface area contributed by atoms with Crippen molar-refractivity contribution in [2.75, 3.05) is 6.54 Å². The average molecular weight is 433 g/mol. The number of hydrogen-bond donors (Lipinski definition) is 4. The van der Waals surface area contributed by atoms with Gasteiger partial charge in [-0.15, -0.1) is 0 Å². The van der Waals surface area contributed by atoms with Gasteiger partial charge in [-0.1, -0.05) is 30.3 Å². The first-order valence-electron chi connectivity index (χ1n) is 9.98. The number of urea groups is 1. The van der Waals surface area contributed by atoms with Crippen LogP contribution in [-0.4, -0.2) is 73.3 Å². The molecule has 1 unspecified atom stereocenters. The van der Waals surface area contributed by atoms with Gasteiger partial charge in [0.25, 0.3) is 11.8 Å². The Balaban J connectivity index is 1.76. The number of benzene rings is 1. The maximum atomic E-state index is 13.0. The molecule has 11 nitrogen and oxygen atoms in total. The van der Waals surface area contributed by atoms with E-state index in [4.69, 9.17) is 0 Å². The Morgan fingerprint density at radius 1 is 1.13 bits per heavy atom. The average Bonchev–Trinajstić information content (AvgIpc) is 2.93. The highest BCUT2D eigenvalue weighted by atomic mass is 16.5. The molecule has 0 aliphatic carbocycles. The lowest BCUT2D eigenvalue weighted by Crippen LogP contribution is -2.57. The minimum absolute atomic E-state index is 0.227. The molecule has 31 heavy (non-hydrogen) atoms. The van der Waals surface area contributed by atoms with E-state index in [1.165, 1.54) is 4.90 Å². The zero-order chi connectivity index (χ0) is 22.9. The summed E-state index contributed by atoms with van der Waals surface area (Å²) >= 11 is 0. The number of hydrazine groups is 1. The van der Waals surface area contributed by atoms with E-state index in [2.05, 4.69) is 10.9 Å². The second-order valence-corrected chi connectivity index (χ2v) is 8.64. The molecule has 168 valence electrons. The zero-order valence-electron chi connectivity index (χ0n) is 17.6. The molecule has 0 saturated carbocycles. The van der Waals surface area contributed by atoms with Gasteiger partial charge in [0, 0.05) is 12.1 Å². The SMILES string of the molecule is CC(C)(C)N(C(=O)O)C(C(=O)NNC(=O)[C@@H]1CC[C@@H]2CN1C(=O)N2O)c1ccccc1. The summed E-state index contributed by atoms with van der Waals surface area (Å²) in [5.41, 5.74) is 4.16. The molecule has 5 amide bonds. The molecule has 0 aromatic heterocycles. The zero-order valence-corrected chi connectivity index (χ0v) is 17.6. The van der Waals surface area contributed by atoms with Gasteiger partial charge in [0.15, 0.2) is 0 Å². The maximum Gasteiger partial charge on any atom is 0.408 e. The standard InChI is InChI=1S/C20H27N5O6/c1-20(2,3)24(19(29)30)15(12-7-5-4-6-8-12)17(27)22-21-16(26)14-10-9-13-11-23(14)18(28)25(13)31/h4-8,13-15,31H,9-11H2,1-3H3,(H,21,26)(H,22,27)(H,29,30)/t13-,14+,15?/m1/s1. The van der Waals surface area contributed by atoms with Gasteiger partial charge in [0.05, 0.1) is 6.04 Å². The molecule has 0 spiro atoms. The number of hydroxylamine groups is 2. The van der Waals surface area contributed by atoms with E-state index in [0.717, 1.165) is 4.90 Å². The van der Waals surface area contributed by atoms with Crippen LogP contribution >= 0.6 is 0 Å².